The second-order valence-corrected chi connectivity index (χ2v) is 4.26. The highest BCUT2D eigenvalue weighted by molar-refractivity contribution is 5.80. The monoisotopic (exact) mass is 200 g/mol. The molecule has 1 aliphatic heterocycles. The molecule has 0 spiro atoms. The van der Waals surface area contributed by atoms with Crippen LogP contribution in [0.4, 0.5) is 0 Å². The highest BCUT2D eigenvalue weighted by atomic mass is 15.0. The van der Waals surface area contributed by atoms with Crippen LogP contribution in [-0.4, -0.2) is 17.7 Å². The summed E-state index contributed by atoms with van der Waals surface area (Å²) in [5.41, 5.74) is 1.38. The van der Waals surface area contributed by atoms with Crippen LogP contribution in [0.25, 0.3) is 10.9 Å². The molecular weight excluding hydrogens is 184 g/mol. The maximum Gasteiger partial charge on any atom is 0.0482 e. The van der Waals surface area contributed by atoms with E-state index in [-0.39, 0.29) is 0 Å². The molecule has 2 heteroatoms. The average molecular weight is 200 g/mol. The van der Waals surface area contributed by atoms with Gasteiger partial charge in [-0.1, -0.05) is 18.2 Å². The Balaban J connectivity index is 2.02. The van der Waals surface area contributed by atoms with Crippen molar-refractivity contribution in [1.82, 2.24) is 9.88 Å². The molecular formula is C13H16N2. The zero-order valence-corrected chi connectivity index (χ0v) is 8.82. The summed E-state index contributed by atoms with van der Waals surface area (Å²) in [5.74, 6) is 0. The van der Waals surface area contributed by atoms with Gasteiger partial charge in [0.2, 0.25) is 0 Å². The van der Waals surface area contributed by atoms with Crippen LogP contribution in [0.5, 0.6) is 0 Å². The molecule has 0 bridgehead atoms. The van der Waals surface area contributed by atoms with Crippen LogP contribution >= 0.6 is 0 Å². The van der Waals surface area contributed by atoms with Gasteiger partial charge in [0.25, 0.3) is 0 Å². The summed E-state index contributed by atoms with van der Waals surface area (Å²) < 4.78 is 2.44. The van der Waals surface area contributed by atoms with Crippen LogP contribution in [0.15, 0.2) is 36.5 Å². The van der Waals surface area contributed by atoms with E-state index in [0.717, 1.165) is 13.1 Å². The molecule has 0 aliphatic carbocycles. The van der Waals surface area contributed by atoms with E-state index in [0.29, 0.717) is 6.04 Å². The molecule has 1 aromatic heterocycles. The molecule has 0 radical (unpaired) electrons. The van der Waals surface area contributed by atoms with Crippen molar-refractivity contribution in [3.63, 3.8) is 0 Å². The van der Waals surface area contributed by atoms with Gasteiger partial charge in [-0.05, 0) is 43.5 Å². The molecule has 2 aromatic rings. The fourth-order valence-corrected chi connectivity index (χ4v) is 2.51. The number of rotatable bonds is 1. The van der Waals surface area contributed by atoms with Crippen LogP contribution < -0.4 is 5.32 Å². The van der Waals surface area contributed by atoms with E-state index in [4.69, 9.17) is 0 Å². The van der Waals surface area contributed by atoms with Gasteiger partial charge in [-0.25, -0.2) is 0 Å². The standard InChI is InChI=1S/C13H16N2/c1-2-4-13-11(3-1)7-10-15(13)12-5-8-14-9-6-12/h1-4,7,10,12,14H,5-6,8-9H2. The first-order valence-electron chi connectivity index (χ1n) is 5.71. The number of fused-ring (bicyclic) bond motifs is 1. The third-order valence-corrected chi connectivity index (χ3v) is 3.33. The molecule has 1 aromatic carbocycles. The molecule has 1 fully saturated rings. The lowest BCUT2D eigenvalue weighted by Crippen LogP contribution is -2.29. The molecule has 0 unspecified atom stereocenters. The van der Waals surface area contributed by atoms with E-state index in [2.05, 4.69) is 46.4 Å². The molecule has 2 nitrogen and oxygen atoms in total. The van der Waals surface area contributed by atoms with Crippen LogP contribution in [0, 0.1) is 0 Å². The van der Waals surface area contributed by atoms with Crippen molar-refractivity contribution in [3.8, 4) is 0 Å². The van der Waals surface area contributed by atoms with Crippen molar-refractivity contribution in [2.45, 2.75) is 18.9 Å². The topological polar surface area (TPSA) is 17.0 Å². The van der Waals surface area contributed by atoms with Gasteiger partial charge in [0.1, 0.15) is 0 Å². The number of aromatic nitrogens is 1. The van der Waals surface area contributed by atoms with Crippen molar-refractivity contribution < 1.29 is 0 Å². The van der Waals surface area contributed by atoms with E-state index in [1.165, 1.54) is 23.7 Å². The average Bonchev–Trinajstić information content (AvgIpc) is 2.74. The van der Waals surface area contributed by atoms with Gasteiger partial charge in [0.05, 0.1) is 0 Å². The number of nitrogens with one attached hydrogen (secondary N) is 1. The maximum atomic E-state index is 3.41. The fraction of sp³-hybridized carbons (Fsp3) is 0.385. The molecule has 2 heterocycles. The maximum absolute atomic E-state index is 3.41. The Morgan fingerprint density at radius 1 is 1.07 bits per heavy atom. The summed E-state index contributed by atoms with van der Waals surface area (Å²) in [6.07, 6.45) is 4.73. The number of benzene rings is 1. The molecule has 1 saturated heterocycles. The molecule has 15 heavy (non-hydrogen) atoms. The van der Waals surface area contributed by atoms with Gasteiger partial charge < -0.3 is 9.88 Å². The van der Waals surface area contributed by atoms with Crippen LogP contribution in [0.2, 0.25) is 0 Å². The van der Waals surface area contributed by atoms with Crippen molar-refractivity contribution in [3.05, 3.63) is 36.5 Å². The van der Waals surface area contributed by atoms with E-state index in [1.54, 1.807) is 0 Å². The Kier molecular flexibility index (Phi) is 2.22. The Labute approximate surface area is 89.9 Å². The predicted molar refractivity (Wildman–Crippen MR) is 63.1 cm³/mol. The molecule has 0 atom stereocenters. The molecule has 0 saturated carbocycles. The SMILES string of the molecule is c1ccc2c(c1)ccn2C1CCNCC1. The number of piperidine rings is 1. The quantitative estimate of drug-likeness (QED) is 0.748. The molecule has 0 amide bonds. The second kappa shape index (κ2) is 3.70. The smallest absolute Gasteiger partial charge is 0.0482 e. The third-order valence-electron chi connectivity index (χ3n) is 3.33. The van der Waals surface area contributed by atoms with Gasteiger partial charge in [0.15, 0.2) is 0 Å². The number of hydrogen-bond donors (Lipinski definition) is 1. The van der Waals surface area contributed by atoms with Crippen LogP contribution in [-0.2, 0) is 0 Å². The van der Waals surface area contributed by atoms with Gasteiger partial charge in [0, 0.05) is 17.8 Å². The Morgan fingerprint density at radius 3 is 2.73 bits per heavy atom. The summed E-state index contributed by atoms with van der Waals surface area (Å²) in [7, 11) is 0. The zero-order chi connectivity index (χ0) is 10.1. The lowest BCUT2D eigenvalue weighted by Gasteiger charge is -2.25. The van der Waals surface area contributed by atoms with Gasteiger partial charge in [-0.3, -0.25) is 0 Å². The number of nitrogens with zero attached hydrogens (tertiary/aromatic N) is 1. The minimum atomic E-state index is 0.686. The first kappa shape index (κ1) is 8.98. The van der Waals surface area contributed by atoms with Crippen LogP contribution in [0.3, 0.4) is 0 Å². The molecule has 1 N–H and O–H groups in total. The summed E-state index contributed by atoms with van der Waals surface area (Å²) >= 11 is 0. The zero-order valence-electron chi connectivity index (χ0n) is 8.82. The Morgan fingerprint density at radius 2 is 1.87 bits per heavy atom. The van der Waals surface area contributed by atoms with Crippen molar-refractivity contribution in [2.75, 3.05) is 13.1 Å². The fourth-order valence-electron chi connectivity index (χ4n) is 2.51. The van der Waals surface area contributed by atoms with Crippen LogP contribution in [0.1, 0.15) is 18.9 Å². The number of hydrogen-bond acceptors (Lipinski definition) is 1. The second-order valence-electron chi connectivity index (χ2n) is 4.26. The van der Waals surface area contributed by atoms with E-state index in [1.807, 2.05) is 0 Å². The van der Waals surface area contributed by atoms with Gasteiger partial charge in [-0.2, -0.15) is 0 Å². The third kappa shape index (κ3) is 1.55. The Hall–Kier alpha value is -1.28. The van der Waals surface area contributed by atoms with E-state index >= 15 is 0 Å². The summed E-state index contributed by atoms with van der Waals surface area (Å²) in [6, 6.07) is 11.5. The van der Waals surface area contributed by atoms with E-state index < -0.39 is 0 Å². The lowest BCUT2D eigenvalue weighted by atomic mass is 10.1. The van der Waals surface area contributed by atoms with Gasteiger partial charge >= 0.3 is 0 Å². The summed E-state index contributed by atoms with van der Waals surface area (Å²) in [4.78, 5) is 0. The highest BCUT2D eigenvalue weighted by Gasteiger charge is 2.15. The first-order valence-corrected chi connectivity index (χ1v) is 5.71. The van der Waals surface area contributed by atoms with Crippen molar-refractivity contribution in [1.29, 1.82) is 0 Å². The summed E-state index contributed by atoms with van der Waals surface area (Å²) in [6.45, 7) is 2.30. The van der Waals surface area contributed by atoms with Gasteiger partial charge in [-0.15, -0.1) is 0 Å². The summed E-state index contributed by atoms with van der Waals surface area (Å²) in [5, 5.41) is 4.77. The molecule has 3 rings (SSSR count). The molecule has 78 valence electrons. The number of para-hydroxylation sites is 1. The predicted octanol–water partition coefficient (Wildman–Crippen LogP) is 2.57. The van der Waals surface area contributed by atoms with Crippen molar-refractivity contribution in [2.24, 2.45) is 0 Å². The van der Waals surface area contributed by atoms with E-state index in [9.17, 15) is 0 Å². The highest BCUT2D eigenvalue weighted by Crippen LogP contribution is 2.25. The minimum absolute atomic E-state index is 0.686. The Bertz CT molecular complexity index is 452. The largest absolute Gasteiger partial charge is 0.344 e. The normalized spacial score (nSPS) is 18.4. The first-order chi connectivity index (χ1) is 7.45. The minimum Gasteiger partial charge on any atom is -0.344 e. The molecule has 1 aliphatic rings. The van der Waals surface area contributed by atoms with Crippen molar-refractivity contribution >= 4 is 10.9 Å². The lowest BCUT2D eigenvalue weighted by molar-refractivity contribution is 0.376.